The van der Waals surface area contributed by atoms with Gasteiger partial charge in [0.05, 0.1) is 7.11 Å². The second-order valence-corrected chi connectivity index (χ2v) is 9.53. The van der Waals surface area contributed by atoms with Crippen molar-refractivity contribution < 1.29 is 26.3 Å². The van der Waals surface area contributed by atoms with Gasteiger partial charge in [-0.1, -0.05) is 78.9 Å². The van der Waals surface area contributed by atoms with E-state index in [1.165, 1.54) is 44.2 Å². The van der Waals surface area contributed by atoms with E-state index < -0.39 is 0 Å². The normalized spacial score (nSPS) is 11.0. The van der Waals surface area contributed by atoms with E-state index in [0.717, 1.165) is 31.7 Å². The fraction of sp³-hybridized carbons (Fsp3) is 0.147. The van der Waals surface area contributed by atoms with Crippen LogP contribution in [0.3, 0.4) is 0 Å². The van der Waals surface area contributed by atoms with Crippen LogP contribution in [-0.4, -0.2) is 11.7 Å². The molecule has 6 aromatic rings. The number of methoxy groups -OCH3 is 1. The van der Waals surface area contributed by atoms with Gasteiger partial charge < -0.3 is 26.3 Å². The van der Waals surface area contributed by atoms with Crippen molar-refractivity contribution in [3.8, 4) is 17.0 Å². The molecule has 38 heavy (non-hydrogen) atoms. The molecule has 0 bridgehead atoms. The van der Waals surface area contributed by atoms with Gasteiger partial charge >= 0.3 is 0 Å². The SMILES string of the molecule is COc1ccc(-c2c3c(cc[n+]2Cc2ccccc2)c2ccccc2n3CCCc2ccccc2)cc1.[Br-]. The van der Waals surface area contributed by atoms with Crippen LogP contribution in [0.25, 0.3) is 33.1 Å². The lowest BCUT2D eigenvalue weighted by molar-refractivity contribution is -0.676. The number of ether oxygens (including phenoxy) is 1. The van der Waals surface area contributed by atoms with Crippen LogP contribution < -0.4 is 26.3 Å². The van der Waals surface area contributed by atoms with Gasteiger partial charge in [0, 0.05) is 40.0 Å². The molecule has 0 unspecified atom stereocenters. The average Bonchev–Trinajstić information content (AvgIpc) is 3.28. The van der Waals surface area contributed by atoms with Crippen molar-refractivity contribution in [2.45, 2.75) is 25.9 Å². The molecule has 3 nitrogen and oxygen atoms in total. The fourth-order valence-corrected chi connectivity index (χ4v) is 5.41. The third kappa shape index (κ3) is 5.09. The van der Waals surface area contributed by atoms with E-state index in [-0.39, 0.29) is 17.0 Å². The second kappa shape index (κ2) is 11.7. The van der Waals surface area contributed by atoms with Gasteiger partial charge in [0.15, 0.2) is 12.7 Å². The molecule has 4 heteroatoms. The van der Waals surface area contributed by atoms with Crippen LogP contribution in [0.5, 0.6) is 5.75 Å². The Morgan fingerprint density at radius 3 is 2.05 bits per heavy atom. The Bertz CT molecular complexity index is 1640. The number of aromatic nitrogens is 2. The Morgan fingerprint density at radius 2 is 1.34 bits per heavy atom. The molecule has 6 rings (SSSR count). The van der Waals surface area contributed by atoms with E-state index in [2.05, 4.69) is 131 Å². The number of fused-ring (bicyclic) bond motifs is 3. The van der Waals surface area contributed by atoms with Gasteiger partial charge in [-0.3, -0.25) is 0 Å². The second-order valence-electron chi connectivity index (χ2n) is 9.53. The lowest BCUT2D eigenvalue weighted by atomic mass is 10.1. The van der Waals surface area contributed by atoms with E-state index in [1.807, 2.05) is 0 Å². The molecule has 0 amide bonds. The molecule has 0 aliphatic heterocycles. The number of para-hydroxylation sites is 1. The van der Waals surface area contributed by atoms with Crippen LogP contribution in [0.1, 0.15) is 17.5 Å². The van der Waals surface area contributed by atoms with Crippen molar-refractivity contribution in [1.29, 1.82) is 0 Å². The van der Waals surface area contributed by atoms with Crippen molar-refractivity contribution in [2.24, 2.45) is 0 Å². The van der Waals surface area contributed by atoms with E-state index >= 15 is 0 Å². The summed E-state index contributed by atoms with van der Waals surface area (Å²) in [6, 6.07) is 41.1. The zero-order valence-electron chi connectivity index (χ0n) is 21.6. The van der Waals surface area contributed by atoms with Crippen LogP contribution in [0.2, 0.25) is 0 Å². The molecular formula is C34H31BrN2O. The zero-order chi connectivity index (χ0) is 25.0. The van der Waals surface area contributed by atoms with Gasteiger partial charge in [-0.15, -0.1) is 0 Å². The minimum Gasteiger partial charge on any atom is -1.00 e. The number of hydrogen-bond acceptors (Lipinski definition) is 1. The van der Waals surface area contributed by atoms with Gasteiger partial charge in [0.2, 0.25) is 5.69 Å². The molecule has 0 aliphatic carbocycles. The van der Waals surface area contributed by atoms with Gasteiger partial charge in [-0.25, -0.2) is 0 Å². The first-order chi connectivity index (χ1) is 18.3. The number of benzene rings is 4. The highest BCUT2D eigenvalue weighted by molar-refractivity contribution is 6.11. The third-order valence-corrected chi connectivity index (χ3v) is 7.19. The highest BCUT2D eigenvalue weighted by atomic mass is 79.9. The first-order valence-corrected chi connectivity index (χ1v) is 13.0. The molecular weight excluding hydrogens is 532 g/mol. The van der Waals surface area contributed by atoms with Crippen molar-refractivity contribution in [3.05, 3.63) is 133 Å². The number of halogens is 1. The molecule has 4 aromatic carbocycles. The summed E-state index contributed by atoms with van der Waals surface area (Å²) >= 11 is 0. The molecule has 2 heterocycles. The Morgan fingerprint density at radius 1 is 0.684 bits per heavy atom. The minimum absolute atomic E-state index is 0. The van der Waals surface area contributed by atoms with E-state index in [4.69, 9.17) is 4.74 Å². The van der Waals surface area contributed by atoms with Crippen LogP contribution >= 0.6 is 0 Å². The average molecular weight is 564 g/mol. The Labute approximate surface area is 234 Å². The molecule has 0 N–H and O–H groups in total. The van der Waals surface area contributed by atoms with Crippen LogP contribution in [-0.2, 0) is 19.5 Å². The first kappa shape index (κ1) is 25.7. The summed E-state index contributed by atoms with van der Waals surface area (Å²) in [5.74, 6) is 0.869. The van der Waals surface area contributed by atoms with Gasteiger partial charge in [0.1, 0.15) is 11.3 Å². The van der Waals surface area contributed by atoms with Crippen molar-refractivity contribution in [1.82, 2.24) is 4.57 Å². The van der Waals surface area contributed by atoms with Crippen LogP contribution in [0, 0.1) is 0 Å². The summed E-state index contributed by atoms with van der Waals surface area (Å²) in [6.07, 6.45) is 4.38. The zero-order valence-corrected chi connectivity index (χ0v) is 23.1. The Kier molecular flexibility index (Phi) is 7.90. The molecule has 0 saturated carbocycles. The number of hydrogen-bond donors (Lipinski definition) is 0. The molecule has 0 aliphatic rings. The summed E-state index contributed by atoms with van der Waals surface area (Å²) in [7, 11) is 1.72. The summed E-state index contributed by atoms with van der Waals surface area (Å²) in [5, 5.41) is 2.60. The van der Waals surface area contributed by atoms with Crippen molar-refractivity contribution in [2.75, 3.05) is 7.11 Å². The van der Waals surface area contributed by atoms with Crippen LogP contribution in [0.15, 0.2) is 121 Å². The van der Waals surface area contributed by atoms with E-state index in [0.29, 0.717) is 0 Å². The fourth-order valence-electron chi connectivity index (χ4n) is 5.41. The van der Waals surface area contributed by atoms with Crippen molar-refractivity contribution >= 4 is 21.8 Å². The smallest absolute Gasteiger partial charge is 0.237 e. The number of nitrogens with zero attached hydrogens (tertiary/aromatic N) is 2. The van der Waals surface area contributed by atoms with Gasteiger partial charge in [-0.05, 0) is 48.7 Å². The summed E-state index contributed by atoms with van der Waals surface area (Å²) in [4.78, 5) is 0. The Hall–Kier alpha value is -3.89. The quantitative estimate of drug-likeness (QED) is 0.251. The molecule has 0 radical (unpaired) electrons. The third-order valence-electron chi connectivity index (χ3n) is 7.19. The highest BCUT2D eigenvalue weighted by Crippen LogP contribution is 2.35. The molecule has 0 spiro atoms. The monoisotopic (exact) mass is 562 g/mol. The highest BCUT2D eigenvalue weighted by Gasteiger charge is 2.24. The van der Waals surface area contributed by atoms with E-state index in [9.17, 15) is 0 Å². The maximum atomic E-state index is 5.47. The van der Waals surface area contributed by atoms with E-state index in [1.54, 1.807) is 7.11 Å². The summed E-state index contributed by atoms with van der Waals surface area (Å²) < 4.78 is 10.4. The maximum Gasteiger partial charge on any atom is 0.237 e. The lowest BCUT2D eigenvalue weighted by Gasteiger charge is -2.12. The standard InChI is InChI=1S/C34H31N2O.BrH/c1-37-29-20-18-28(19-21-29)33-34-31(22-24-35(33)25-27-13-6-3-7-14-27)30-16-8-9-17-32(30)36(34)23-10-15-26-11-4-2-5-12-26;/h2-9,11-14,16-22,24H,10,15,23,25H2,1H3;1H/q+1;/p-1. The number of pyridine rings is 1. The summed E-state index contributed by atoms with van der Waals surface area (Å²) in [6.45, 7) is 1.76. The molecule has 190 valence electrons. The molecule has 2 aromatic heterocycles. The van der Waals surface area contributed by atoms with Crippen molar-refractivity contribution in [3.63, 3.8) is 0 Å². The largest absolute Gasteiger partial charge is 1.00 e. The van der Waals surface area contributed by atoms with Crippen LogP contribution in [0.4, 0.5) is 0 Å². The molecule has 0 saturated heterocycles. The maximum absolute atomic E-state index is 5.47. The lowest BCUT2D eigenvalue weighted by Crippen LogP contribution is -3.00. The topological polar surface area (TPSA) is 18.0 Å². The molecule has 0 atom stereocenters. The number of rotatable bonds is 8. The van der Waals surface area contributed by atoms with Gasteiger partial charge in [-0.2, -0.15) is 4.57 Å². The molecule has 0 fully saturated rings. The first-order valence-electron chi connectivity index (χ1n) is 13.0. The predicted octanol–water partition coefficient (Wildman–Crippen LogP) is 4.44. The summed E-state index contributed by atoms with van der Waals surface area (Å²) in [5.41, 5.74) is 7.68. The van der Waals surface area contributed by atoms with Gasteiger partial charge in [0.25, 0.3) is 0 Å². The minimum atomic E-state index is 0. The Balaban J connectivity index is 0.00000294. The predicted molar refractivity (Wildman–Crippen MR) is 152 cm³/mol. The number of aryl methyl sites for hydroxylation is 2.